The lowest BCUT2D eigenvalue weighted by Crippen LogP contribution is -2.42. The van der Waals surface area contributed by atoms with Crippen LogP contribution in [0.4, 0.5) is 0 Å². The number of aliphatic imine (C=N–C) groups is 1. The molecule has 2 aromatic heterocycles. The standard InChI is InChI=1S/C18H29N7O3S.HI/c1-2-19-18(21-14-17-24-23-16-8-3-5-10-25(16)17)20-9-12-29(26,27)22-13-15-7-4-6-11-28-15;/h3,5,8,10,15,22H,2,4,6-7,9,11-14H2,1H3,(H2,19,20,21);1H. The number of fused-ring (bicyclic) bond motifs is 1. The molecule has 1 saturated heterocycles. The van der Waals surface area contributed by atoms with Gasteiger partial charge in [-0.15, -0.1) is 34.2 Å². The third-order valence-corrected chi connectivity index (χ3v) is 5.92. The molecule has 1 unspecified atom stereocenters. The van der Waals surface area contributed by atoms with Crippen LogP contribution in [0.1, 0.15) is 32.0 Å². The fourth-order valence-corrected chi connectivity index (χ4v) is 4.01. The summed E-state index contributed by atoms with van der Waals surface area (Å²) in [4.78, 5) is 4.48. The lowest BCUT2D eigenvalue weighted by atomic mass is 10.1. The van der Waals surface area contributed by atoms with Crippen molar-refractivity contribution in [2.45, 2.75) is 38.8 Å². The van der Waals surface area contributed by atoms with Gasteiger partial charge in [0.2, 0.25) is 10.0 Å². The minimum Gasteiger partial charge on any atom is -0.377 e. The van der Waals surface area contributed by atoms with Crippen LogP contribution in [-0.2, 0) is 21.3 Å². The molecule has 0 spiro atoms. The van der Waals surface area contributed by atoms with Gasteiger partial charge in [-0.1, -0.05) is 6.07 Å². The Balaban J connectivity index is 0.00000320. The molecule has 30 heavy (non-hydrogen) atoms. The van der Waals surface area contributed by atoms with E-state index in [4.69, 9.17) is 4.74 Å². The Bertz CT molecular complexity index is 913. The molecule has 0 saturated carbocycles. The van der Waals surface area contributed by atoms with Crippen LogP contribution in [0.5, 0.6) is 0 Å². The molecule has 3 heterocycles. The number of sulfonamides is 1. The van der Waals surface area contributed by atoms with Gasteiger partial charge >= 0.3 is 0 Å². The van der Waals surface area contributed by atoms with E-state index < -0.39 is 10.0 Å². The van der Waals surface area contributed by atoms with Crippen LogP contribution in [0, 0.1) is 0 Å². The summed E-state index contributed by atoms with van der Waals surface area (Å²) in [6.07, 6.45) is 4.88. The summed E-state index contributed by atoms with van der Waals surface area (Å²) in [6.45, 7) is 4.22. The number of pyridine rings is 1. The molecular formula is C18H30IN7O3S. The van der Waals surface area contributed by atoms with E-state index in [1.165, 1.54) is 0 Å². The Hall–Kier alpha value is -1.51. The molecule has 168 valence electrons. The lowest BCUT2D eigenvalue weighted by molar-refractivity contribution is 0.0200. The monoisotopic (exact) mass is 551 g/mol. The van der Waals surface area contributed by atoms with E-state index >= 15 is 0 Å². The summed E-state index contributed by atoms with van der Waals surface area (Å²) < 4.78 is 34.5. The van der Waals surface area contributed by atoms with Crippen LogP contribution in [-0.4, -0.2) is 67.1 Å². The molecule has 0 amide bonds. The summed E-state index contributed by atoms with van der Waals surface area (Å²) in [5.41, 5.74) is 0.759. The Morgan fingerprint density at radius 1 is 1.30 bits per heavy atom. The summed E-state index contributed by atoms with van der Waals surface area (Å²) >= 11 is 0. The predicted octanol–water partition coefficient (Wildman–Crippen LogP) is 0.891. The minimum atomic E-state index is -3.38. The average Bonchev–Trinajstić information content (AvgIpc) is 3.14. The van der Waals surface area contributed by atoms with Gasteiger partial charge in [0.25, 0.3) is 0 Å². The fourth-order valence-electron chi connectivity index (χ4n) is 3.05. The zero-order valence-corrected chi connectivity index (χ0v) is 20.2. The first-order valence-corrected chi connectivity index (χ1v) is 11.6. The highest BCUT2D eigenvalue weighted by atomic mass is 127. The number of ether oxygens (including phenoxy) is 1. The molecule has 3 N–H and O–H groups in total. The Kier molecular flexibility index (Phi) is 10.2. The Morgan fingerprint density at radius 2 is 2.17 bits per heavy atom. The van der Waals surface area contributed by atoms with Crippen molar-refractivity contribution in [3.05, 3.63) is 30.2 Å². The van der Waals surface area contributed by atoms with Gasteiger partial charge in [0, 0.05) is 32.4 Å². The molecule has 1 aliphatic rings. The maximum absolute atomic E-state index is 12.2. The minimum absolute atomic E-state index is 0. The van der Waals surface area contributed by atoms with Crippen molar-refractivity contribution >= 4 is 45.6 Å². The van der Waals surface area contributed by atoms with Gasteiger partial charge in [0.1, 0.15) is 6.54 Å². The van der Waals surface area contributed by atoms with Gasteiger partial charge in [-0.05, 0) is 38.3 Å². The Labute approximate surface area is 194 Å². The molecule has 1 aliphatic heterocycles. The summed E-state index contributed by atoms with van der Waals surface area (Å²) in [6, 6.07) is 5.68. The fraction of sp³-hybridized carbons (Fsp3) is 0.611. The molecule has 0 aromatic carbocycles. The van der Waals surface area contributed by atoms with Crippen molar-refractivity contribution in [1.29, 1.82) is 0 Å². The number of nitrogens with zero attached hydrogens (tertiary/aromatic N) is 4. The molecule has 0 aliphatic carbocycles. The van der Waals surface area contributed by atoms with E-state index in [1.807, 2.05) is 35.7 Å². The van der Waals surface area contributed by atoms with E-state index in [1.54, 1.807) is 0 Å². The number of hydrogen-bond acceptors (Lipinski definition) is 6. The highest BCUT2D eigenvalue weighted by Gasteiger charge is 2.17. The van der Waals surface area contributed by atoms with Gasteiger partial charge < -0.3 is 15.4 Å². The third-order valence-electron chi connectivity index (χ3n) is 4.58. The zero-order valence-electron chi connectivity index (χ0n) is 17.1. The maximum Gasteiger partial charge on any atom is 0.213 e. The van der Waals surface area contributed by atoms with Gasteiger partial charge in [-0.3, -0.25) is 4.40 Å². The van der Waals surface area contributed by atoms with Crippen LogP contribution < -0.4 is 15.4 Å². The highest BCUT2D eigenvalue weighted by molar-refractivity contribution is 14.0. The molecule has 0 radical (unpaired) electrons. The van der Waals surface area contributed by atoms with Crippen LogP contribution in [0.15, 0.2) is 29.4 Å². The van der Waals surface area contributed by atoms with Crippen LogP contribution in [0.2, 0.25) is 0 Å². The van der Waals surface area contributed by atoms with Crippen molar-refractivity contribution in [2.75, 3.05) is 32.0 Å². The predicted molar refractivity (Wildman–Crippen MR) is 127 cm³/mol. The van der Waals surface area contributed by atoms with Crippen molar-refractivity contribution in [3.8, 4) is 0 Å². The Morgan fingerprint density at radius 3 is 2.93 bits per heavy atom. The molecule has 10 nitrogen and oxygen atoms in total. The topological polar surface area (TPSA) is 122 Å². The van der Waals surface area contributed by atoms with Crippen LogP contribution in [0.25, 0.3) is 5.65 Å². The second-order valence-electron chi connectivity index (χ2n) is 6.82. The van der Waals surface area contributed by atoms with Crippen molar-refractivity contribution in [1.82, 2.24) is 30.0 Å². The van der Waals surface area contributed by atoms with Gasteiger partial charge in [0.05, 0.1) is 11.9 Å². The van der Waals surface area contributed by atoms with Gasteiger partial charge in [0.15, 0.2) is 17.4 Å². The molecule has 1 atom stereocenters. The van der Waals surface area contributed by atoms with E-state index in [2.05, 4.69) is 30.5 Å². The van der Waals surface area contributed by atoms with E-state index in [0.717, 1.165) is 24.9 Å². The highest BCUT2D eigenvalue weighted by Crippen LogP contribution is 2.11. The first kappa shape index (κ1) is 24.8. The molecule has 3 rings (SSSR count). The number of rotatable bonds is 9. The van der Waals surface area contributed by atoms with Crippen LogP contribution in [0.3, 0.4) is 0 Å². The molecular weight excluding hydrogens is 521 g/mol. The van der Waals surface area contributed by atoms with Crippen molar-refractivity contribution in [2.24, 2.45) is 4.99 Å². The normalized spacial score (nSPS) is 17.5. The number of nitrogens with one attached hydrogen (secondary N) is 3. The second kappa shape index (κ2) is 12.4. The number of hydrogen-bond donors (Lipinski definition) is 3. The largest absolute Gasteiger partial charge is 0.377 e. The maximum atomic E-state index is 12.2. The van der Waals surface area contributed by atoms with Crippen LogP contribution >= 0.6 is 24.0 Å². The smallest absolute Gasteiger partial charge is 0.213 e. The molecule has 2 aromatic rings. The quantitative estimate of drug-likeness (QED) is 0.241. The average molecular weight is 551 g/mol. The zero-order chi connectivity index (χ0) is 20.5. The summed E-state index contributed by atoms with van der Waals surface area (Å²) in [5, 5.41) is 14.4. The summed E-state index contributed by atoms with van der Waals surface area (Å²) in [5.74, 6) is 1.20. The SMILES string of the molecule is CCNC(=NCc1nnc2ccccn12)NCCS(=O)(=O)NCC1CCCCO1.I. The molecule has 12 heteroatoms. The number of halogens is 1. The first-order chi connectivity index (χ1) is 14.1. The molecule has 0 bridgehead atoms. The van der Waals surface area contributed by atoms with Gasteiger partial charge in [-0.25, -0.2) is 18.1 Å². The van der Waals surface area contributed by atoms with E-state index in [-0.39, 0.29) is 42.4 Å². The first-order valence-electron chi connectivity index (χ1n) is 9.97. The third kappa shape index (κ3) is 7.63. The number of aromatic nitrogens is 3. The van der Waals surface area contributed by atoms with Gasteiger partial charge in [-0.2, -0.15) is 0 Å². The van der Waals surface area contributed by atoms with E-state index in [9.17, 15) is 8.42 Å². The summed E-state index contributed by atoms with van der Waals surface area (Å²) in [7, 11) is -3.38. The number of guanidine groups is 1. The second-order valence-corrected chi connectivity index (χ2v) is 8.75. The van der Waals surface area contributed by atoms with Crippen molar-refractivity contribution in [3.63, 3.8) is 0 Å². The van der Waals surface area contributed by atoms with Crippen molar-refractivity contribution < 1.29 is 13.2 Å². The lowest BCUT2D eigenvalue weighted by Gasteiger charge is -2.22. The van der Waals surface area contributed by atoms with E-state index in [0.29, 0.717) is 38.0 Å². The molecule has 1 fully saturated rings.